The molecule has 0 unspecified atom stereocenters. The highest BCUT2D eigenvalue weighted by Gasteiger charge is 2.45. The van der Waals surface area contributed by atoms with Crippen molar-refractivity contribution in [1.82, 2.24) is 10.6 Å². The number of aryl methyl sites for hydroxylation is 1. The Morgan fingerprint density at radius 1 is 0.949 bits per heavy atom. The number of nitrogens with one attached hydrogen (secondary N) is 2. The summed E-state index contributed by atoms with van der Waals surface area (Å²) in [7, 11) is 0. The lowest BCUT2D eigenvalue weighted by molar-refractivity contribution is -0.165. The first-order valence-electron chi connectivity index (χ1n) is 14.1. The van der Waals surface area contributed by atoms with Crippen molar-refractivity contribution in [2.45, 2.75) is 124 Å². The quantitative estimate of drug-likeness (QED) is 0.384. The van der Waals surface area contributed by atoms with Crippen LogP contribution in [0.1, 0.15) is 99.5 Å². The van der Waals surface area contributed by atoms with E-state index < -0.39 is 52.5 Å². The van der Waals surface area contributed by atoms with Gasteiger partial charge in [0.15, 0.2) is 6.10 Å². The van der Waals surface area contributed by atoms with E-state index in [0.29, 0.717) is 32.1 Å². The van der Waals surface area contributed by atoms with Crippen molar-refractivity contribution in [3.05, 3.63) is 35.9 Å². The average Bonchev–Trinajstić information content (AvgIpc) is 3.29. The van der Waals surface area contributed by atoms with Crippen LogP contribution in [-0.4, -0.2) is 47.0 Å². The first-order valence-corrected chi connectivity index (χ1v) is 14.1. The van der Waals surface area contributed by atoms with Gasteiger partial charge >= 0.3 is 11.9 Å². The minimum absolute atomic E-state index is 0.0939. The maximum Gasteiger partial charge on any atom is 0.329 e. The molecule has 0 aliphatic heterocycles. The Bertz CT molecular complexity index is 985. The lowest BCUT2D eigenvalue weighted by Gasteiger charge is -2.33. The summed E-state index contributed by atoms with van der Waals surface area (Å²) >= 11 is 0. The number of carbonyl (C=O) groups excluding carboxylic acids is 4. The van der Waals surface area contributed by atoms with E-state index >= 15 is 0 Å². The number of rotatable bonds is 11. The topological polar surface area (TPSA) is 111 Å². The van der Waals surface area contributed by atoms with E-state index in [-0.39, 0.29) is 5.92 Å². The van der Waals surface area contributed by atoms with Crippen LogP contribution in [0.2, 0.25) is 0 Å². The molecular formula is C31H48N2O6. The number of amides is 2. The van der Waals surface area contributed by atoms with E-state index in [1.807, 2.05) is 44.2 Å². The molecule has 0 heterocycles. The number of hydrogen-bond donors (Lipinski definition) is 2. The van der Waals surface area contributed by atoms with E-state index in [1.54, 1.807) is 41.5 Å². The van der Waals surface area contributed by atoms with Gasteiger partial charge < -0.3 is 20.1 Å². The third-order valence-corrected chi connectivity index (χ3v) is 6.65. The molecule has 2 amide bonds. The summed E-state index contributed by atoms with van der Waals surface area (Å²) in [5.74, 6) is -1.79. The number of esters is 2. The summed E-state index contributed by atoms with van der Waals surface area (Å²) in [4.78, 5) is 53.0. The van der Waals surface area contributed by atoms with Gasteiger partial charge in [0.2, 0.25) is 5.91 Å². The smallest absolute Gasteiger partial charge is 0.329 e. The second-order valence-corrected chi connectivity index (χ2v) is 13.1. The first-order chi connectivity index (χ1) is 18.0. The lowest BCUT2D eigenvalue weighted by atomic mass is 9.93. The van der Waals surface area contributed by atoms with Crippen LogP contribution < -0.4 is 10.6 Å². The highest BCUT2D eigenvalue weighted by atomic mass is 16.6. The van der Waals surface area contributed by atoms with Crippen LogP contribution in [0.15, 0.2) is 30.3 Å². The summed E-state index contributed by atoms with van der Waals surface area (Å²) in [5.41, 5.74) is -1.63. The zero-order valence-electron chi connectivity index (χ0n) is 25.0. The highest BCUT2D eigenvalue weighted by Crippen LogP contribution is 2.31. The lowest BCUT2D eigenvalue weighted by Crippen LogP contribution is -2.62. The monoisotopic (exact) mass is 544 g/mol. The van der Waals surface area contributed by atoms with Gasteiger partial charge in [-0.1, -0.05) is 57.0 Å². The minimum atomic E-state index is -1.19. The molecule has 1 aromatic carbocycles. The molecule has 2 atom stereocenters. The van der Waals surface area contributed by atoms with Crippen LogP contribution in [0.4, 0.5) is 0 Å². The molecule has 8 nitrogen and oxygen atoms in total. The summed E-state index contributed by atoms with van der Waals surface area (Å²) < 4.78 is 11.3. The Kier molecular flexibility index (Phi) is 11.1. The largest absolute Gasteiger partial charge is 0.458 e. The standard InChI is InChI=1S/C31H48N2O6/c1-21(2)20-24(38-28(37)29(3,4)5)25(34)33-31(18-12-13-19-31)27(36)32-23(26(35)39-30(6,7)8)17-16-22-14-10-9-11-15-22/h9-11,14-15,21,23-24H,12-13,16-20H2,1-8H3,(H,32,36)(H,33,34)/t23-,24-/m0/s1. The molecule has 1 fully saturated rings. The van der Waals surface area contributed by atoms with Crippen molar-refractivity contribution < 1.29 is 28.7 Å². The highest BCUT2D eigenvalue weighted by molar-refractivity contribution is 5.95. The van der Waals surface area contributed by atoms with Gasteiger partial charge in [-0.3, -0.25) is 14.4 Å². The van der Waals surface area contributed by atoms with Gasteiger partial charge in [-0.2, -0.15) is 0 Å². The zero-order valence-corrected chi connectivity index (χ0v) is 25.0. The number of ether oxygens (including phenoxy) is 2. The van der Waals surface area contributed by atoms with Crippen molar-refractivity contribution in [3.63, 3.8) is 0 Å². The first kappa shape index (κ1) is 32.3. The van der Waals surface area contributed by atoms with Gasteiger partial charge in [0.1, 0.15) is 17.2 Å². The number of hydrogen-bond acceptors (Lipinski definition) is 6. The molecule has 1 aliphatic carbocycles. The van der Waals surface area contributed by atoms with E-state index in [0.717, 1.165) is 18.4 Å². The molecule has 0 spiro atoms. The van der Waals surface area contributed by atoms with Crippen LogP contribution in [-0.2, 0) is 35.1 Å². The molecule has 0 bridgehead atoms. The van der Waals surface area contributed by atoms with Gasteiger partial charge in [0, 0.05) is 0 Å². The molecule has 0 saturated heterocycles. The molecule has 218 valence electrons. The minimum Gasteiger partial charge on any atom is -0.458 e. The predicted molar refractivity (Wildman–Crippen MR) is 151 cm³/mol. The van der Waals surface area contributed by atoms with Crippen LogP contribution >= 0.6 is 0 Å². The van der Waals surface area contributed by atoms with Gasteiger partial charge in [-0.25, -0.2) is 4.79 Å². The molecule has 0 aromatic heterocycles. The Morgan fingerprint density at radius 2 is 1.54 bits per heavy atom. The number of benzene rings is 1. The predicted octanol–water partition coefficient (Wildman–Crippen LogP) is 4.88. The molecule has 1 aromatic rings. The number of carbonyl (C=O) groups is 4. The van der Waals surface area contributed by atoms with Crippen LogP contribution in [0.3, 0.4) is 0 Å². The Labute approximate surface area is 234 Å². The maximum atomic E-state index is 13.8. The van der Waals surface area contributed by atoms with E-state index in [9.17, 15) is 19.2 Å². The second kappa shape index (κ2) is 13.4. The second-order valence-electron chi connectivity index (χ2n) is 13.1. The van der Waals surface area contributed by atoms with Crippen LogP contribution in [0, 0.1) is 11.3 Å². The van der Waals surface area contributed by atoms with E-state index in [2.05, 4.69) is 10.6 Å². The van der Waals surface area contributed by atoms with Gasteiger partial charge in [0.25, 0.3) is 5.91 Å². The van der Waals surface area contributed by atoms with Crippen LogP contribution in [0.5, 0.6) is 0 Å². The van der Waals surface area contributed by atoms with Gasteiger partial charge in [-0.15, -0.1) is 0 Å². The fourth-order valence-electron chi connectivity index (χ4n) is 4.52. The van der Waals surface area contributed by atoms with Gasteiger partial charge in [-0.05, 0) is 85.1 Å². The van der Waals surface area contributed by atoms with E-state index in [4.69, 9.17) is 9.47 Å². The molecule has 39 heavy (non-hydrogen) atoms. The zero-order chi connectivity index (χ0) is 29.4. The molecule has 1 aliphatic rings. The third kappa shape index (κ3) is 10.3. The summed E-state index contributed by atoms with van der Waals surface area (Å²) in [6.07, 6.45) is 2.64. The molecule has 1 saturated carbocycles. The molecule has 0 radical (unpaired) electrons. The molecule has 8 heteroatoms. The molecular weight excluding hydrogens is 496 g/mol. The van der Waals surface area contributed by atoms with Crippen molar-refractivity contribution >= 4 is 23.8 Å². The third-order valence-electron chi connectivity index (χ3n) is 6.65. The molecule has 2 N–H and O–H groups in total. The fraction of sp³-hybridized carbons (Fsp3) is 0.677. The normalized spacial score (nSPS) is 16.7. The van der Waals surface area contributed by atoms with Crippen molar-refractivity contribution in [3.8, 4) is 0 Å². The van der Waals surface area contributed by atoms with Gasteiger partial charge in [0.05, 0.1) is 5.41 Å². The maximum absolute atomic E-state index is 13.8. The fourth-order valence-corrected chi connectivity index (χ4v) is 4.52. The summed E-state index contributed by atoms with van der Waals surface area (Å²) in [5, 5.41) is 5.85. The Balaban J connectivity index is 2.24. The van der Waals surface area contributed by atoms with Crippen molar-refractivity contribution in [2.75, 3.05) is 0 Å². The summed E-state index contributed by atoms with van der Waals surface area (Å²) in [6.45, 7) is 14.4. The van der Waals surface area contributed by atoms with Crippen molar-refractivity contribution in [2.24, 2.45) is 11.3 Å². The van der Waals surface area contributed by atoms with E-state index in [1.165, 1.54) is 0 Å². The Hall–Kier alpha value is -2.90. The average molecular weight is 545 g/mol. The Morgan fingerprint density at radius 3 is 2.05 bits per heavy atom. The SMILES string of the molecule is CC(C)C[C@H](OC(=O)C(C)(C)C)C(=O)NC1(C(=O)N[C@@H](CCc2ccccc2)C(=O)OC(C)(C)C)CCCC1. The summed E-state index contributed by atoms with van der Waals surface area (Å²) in [6, 6.07) is 8.85. The van der Waals surface area contributed by atoms with Crippen LogP contribution in [0.25, 0.3) is 0 Å². The van der Waals surface area contributed by atoms with Crippen molar-refractivity contribution in [1.29, 1.82) is 0 Å². The molecule has 2 rings (SSSR count).